The molecule has 0 spiro atoms. The fraction of sp³-hybridized carbons (Fsp3) is 0.818. The summed E-state index contributed by atoms with van der Waals surface area (Å²) in [6.45, 7) is 7.92. The zero-order valence-electron chi connectivity index (χ0n) is 9.98. The van der Waals surface area contributed by atoms with E-state index in [-0.39, 0.29) is 12.1 Å². The maximum Gasteiger partial charge on any atom is 0.216 e. The van der Waals surface area contributed by atoms with Crippen LogP contribution in [0.5, 0.6) is 0 Å². The zero-order valence-corrected chi connectivity index (χ0v) is 10.8. The smallest absolute Gasteiger partial charge is 0.216 e. The Hall–Kier alpha value is -0.390. The molecule has 4 nitrogen and oxygen atoms in total. The molecule has 1 heterocycles. The van der Waals surface area contributed by atoms with E-state index in [1.807, 2.05) is 6.92 Å². The van der Waals surface area contributed by atoms with Crippen LogP contribution < -0.4 is 4.72 Å². The molecular formula is C11H21NO3S. The molecule has 94 valence electrons. The number of ether oxygens (including phenoxy) is 1. The lowest BCUT2D eigenvalue weighted by molar-refractivity contribution is 0.102. The van der Waals surface area contributed by atoms with E-state index in [9.17, 15) is 8.42 Å². The summed E-state index contributed by atoms with van der Waals surface area (Å²) in [5, 5.41) is -0.422. The van der Waals surface area contributed by atoms with Crippen molar-refractivity contribution < 1.29 is 13.2 Å². The van der Waals surface area contributed by atoms with E-state index in [1.54, 1.807) is 13.0 Å². The van der Waals surface area contributed by atoms with Crippen molar-refractivity contribution in [2.75, 3.05) is 6.61 Å². The van der Waals surface area contributed by atoms with Crippen LogP contribution in [0, 0.1) is 5.92 Å². The van der Waals surface area contributed by atoms with Gasteiger partial charge < -0.3 is 4.74 Å². The molecule has 0 amide bonds. The molecule has 1 rings (SSSR count). The molecular weight excluding hydrogens is 226 g/mol. The first-order chi connectivity index (χ1) is 7.47. The second-order valence-corrected chi connectivity index (χ2v) is 6.44. The molecule has 0 aromatic rings. The van der Waals surface area contributed by atoms with Crippen LogP contribution in [0.25, 0.3) is 0 Å². The van der Waals surface area contributed by atoms with Gasteiger partial charge in [-0.2, -0.15) is 4.72 Å². The number of nitrogens with one attached hydrogen (secondary N) is 1. The number of rotatable bonds is 6. The quantitative estimate of drug-likeness (QED) is 0.726. The Balaban J connectivity index is 2.57. The van der Waals surface area contributed by atoms with Crippen molar-refractivity contribution in [3.63, 3.8) is 0 Å². The monoisotopic (exact) mass is 247 g/mol. The molecule has 0 aromatic carbocycles. The van der Waals surface area contributed by atoms with Gasteiger partial charge in [-0.3, -0.25) is 0 Å². The van der Waals surface area contributed by atoms with Gasteiger partial charge in [0.05, 0.1) is 5.25 Å². The molecule has 1 fully saturated rings. The van der Waals surface area contributed by atoms with E-state index in [4.69, 9.17) is 4.74 Å². The molecule has 16 heavy (non-hydrogen) atoms. The summed E-state index contributed by atoms with van der Waals surface area (Å²) in [6.07, 6.45) is 3.81. The summed E-state index contributed by atoms with van der Waals surface area (Å²) in [4.78, 5) is 0. The Bertz CT molecular complexity index is 320. The van der Waals surface area contributed by atoms with Crippen LogP contribution in [0.3, 0.4) is 0 Å². The molecule has 3 atom stereocenters. The highest BCUT2D eigenvalue weighted by atomic mass is 32.2. The predicted octanol–water partition coefficient (Wildman–Crippen LogP) is 1.64. The second-order valence-electron chi connectivity index (χ2n) is 4.37. The number of hydrogen-bond acceptors (Lipinski definition) is 3. The molecule has 1 N–H and O–H groups in total. The molecule has 0 aromatic heterocycles. The van der Waals surface area contributed by atoms with Crippen molar-refractivity contribution in [3.05, 3.63) is 12.7 Å². The van der Waals surface area contributed by atoms with Crippen molar-refractivity contribution >= 4 is 10.0 Å². The van der Waals surface area contributed by atoms with Crippen LogP contribution >= 0.6 is 0 Å². The fourth-order valence-electron chi connectivity index (χ4n) is 1.72. The van der Waals surface area contributed by atoms with Crippen LogP contribution in [0.2, 0.25) is 0 Å². The van der Waals surface area contributed by atoms with E-state index in [2.05, 4.69) is 11.3 Å². The SMILES string of the molecule is C=CC[C@@H](C)[C@H](C)S(=O)(=O)N[C@H]1CCCO1. The minimum absolute atomic E-state index is 0.0661. The lowest BCUT2D eigenvalue weighted by atomic mass is 10.1. The molecule has 5 heteroatoms. The van der Waals surface area contributed by atoms with Crippen LogP contribution in [-0.4, -0.2) is 26.5 Å². The molecule has 1 aliphatic rings. The Kier molecular flexibility index (Phi) is 4.95. The van der Waals surface area contributed by atoms with Crippen molar-refractivity contribution in [3.8, 4) is 0 Å². The van der Waals surface area contributed by atoms with Gasteiger partial charge in [-0.25, -0.2) is 8.42 Å². The van der Waals surface area contributed by atoms with Gasteiger partial charge in [-0.1, -0.05) is 13.0 Å². The Morgan fingerprint density at radius 3 is 2.75 bits per heavy atom. The maximum absolute atomic E-state index is 12.0. The van der Waals surface area contributed by atoms with E-state index in [1.165, 1.54) is 0 Å². The fourth-order valence-corrected chi connectivity index (χ4v) is 3.21. The summed E-state index contributed by atoms with van der Waals surface area (Å²) in [5.41, 5.74) is 0. The van der Waals surface area contributed by atoms with Gasteiger partial charge in [-0.05, 0) is 32.1 Å². The van der Waals surface area contributed by atoms with E-state index < -0.39 is 15.3 Å². The predicted molar refractivity (Wildman–Crippen MR) is 64.5 cm³/mol. The molecule has 0 bridgehead atoms. The van der Waals surface area contributed by atoms with Crippen LogP contribution in [0.4, 0.5) is 0 Å². The zero-order chi connectivity index (χ0) is 12.2. The van der Waals surface area contributed by atoms with Gasteiger partial charge in [0, 0.05) is 6.61 Å². The highest BCUT2D eigenvalue weighted by Crippen LogP contribution is 2.18. The third-order valence-electron chi connectivity index (χ3n) is 3.05. The number of sulfonamides is 1. The lowest BCUT2D eigenvalue weighted by Gasteiger charge is -2.21. The first-order valence-corrected chi connectivity index (χ1v) is 7.25. The van der Waals surface area contributed by atoms with Crippen molar-refractivity contribution in [2.24, 2.45) is 5.92 Å². The summed E-state index contributed by atoms with van der Waals surface area (Å²) in [7, 11) is -3.29. The van der Waals surface area contributed by atoms with Gasteiger partial charge >= 0.3 is 0 Å². The Morgan fingerprint density at radius 2 is 2.25 bits per heavy atom. The minimum Gasteiger partial charge on any atom is -0.362 e. The summed E-state index contributed by atoms with van der Waals surface area (Å²) < 4.78 is 31.8. The van der Waals surface area contributed by atoms with Crippen molar-refractivity contribution in [1.82, 2.24) is 4.72 Å². The molecule has 1 saturated heterocycles. The molecule has 0 radical (unpaired) electrons. The first kappa shape index (κ1) is 13.7. The molecule has 0 aliphatic carbocycles. The number of allylic oxidation sites excluding steroid dienone is 1. The summed E-state index contributed by atoms with van der Waals surface area (Å²) in [5.74, 6) is 0.0661. The largest absolute Gasteiger partial charge is 0.362 e. The second kappa shape index (κ2) is 5.80. The third-order valence-corrected chi connectivity index (χ3v) is 5.09. The minimum atomic E-state index is -3.29. The Labute approximate surface area is 98.1 Å². The van der Waals surface area contributed by atoms with Gasteiger partial charge in [0.1, 0.15) is 6.23 Å². The highest BCUT2D eigenvalue weighted by molar-refractivity contribution is 7.90. The molecule has 0 unspecified atom stereocenters. The van der Waals surface area contributed by atoms with Gasteiger partial charge in [0.15, 0.2) is 0 Å². The topological polar surface area (TPSA) is 55.4 Å². The van der Waals surface area contributed by atoms with Crippen LogP contribution in [0.1, 0.15) is 33.1 Å². The maximum atomic E-state index is 12.0. The highest BCUT2D eigenvalue weighted by Gasteiger charge is 2.29. The third kappa shape index (κ3) is 3.57. The van der Waals surface area contributed by atoms with E-state index >= 15 is 0 Å². The normalized spacial score (nSPS) is 25.2. The Morgan fingerprint density at radius 1 is 1.56 bits per heavy atom. The average Bonchev–Trinajstić information content (AvgIpc) is 2.68. The van der Waals surface area contributed by atoms with Gasteiger partial charge in [0.2, 0.25) is 10.0 Å². The van der Waals surface area contributed by atoms with Crippen molar-refractivity contribution in [2.45, 2.75) is 44.6 Å². The van der Waals surface area contributed by atoms with Crippen LogP contribution in [0.15, 0.2) is 12.7 Å². The molecule has 1 aliphatic heterocycles. The molecule has 0 saturated carbocycles. The summed E-state index contributed by atoms with van der Waals surface area (Å²) >= 11 is 0. The summed E-state index contributed by atoms with van der Waals surface area (Å²) in [6, 6.07) is 0. The van der Waals surface area contributed by atoms with Crippen LogP contribution in [-0.2, 0) is 14.8 Å². The first-order valence-electron chi connectivity index (χ1n) is 5.71. The number of hydrogen-bond donors (Lipinski definition) is 1. The van der Waals surface area contributed by atoms with Gasteiger partial charge in [-0.15, -0.1) is 6.58 Å². The average molecular weight is 247 g/mol. The lowest BCUT2D eigenvalue weighted by Crippen LogP contribution is -2.41. The van der Waals surface area contributed by atoms with Crippen molar-refractivity contribution in [1.29, 1.82) is 0 Å². The standard InChI is InChI=1S/C11H21NO3S/c1-4-6-9(2)10(3)16(13,14)12-11-7-5-8-15-11/h4,9-12H,1,5-8H2,2-3H3/t9-,10+,11-/m1/s1. The van der Waals surface area contributed by atoms with E-state index in [0.717, 1.165) is 12.8 Å². The van der Waals surface area contributed by atoms with Gasteiger partial charge in [0.25, 0.3) is 0 Å². The van der Waals surface area contributed by atoms with E-state index in [0.29, 0.717) is 13.0 Å².